The van der Waals surface area contributed by atoms with Crippen LogP contribution in [0.15, 0.2) is 41.3 Å². The van der Waals surface area contributed by atoms with Crippen LogP contribution in [0.25, 0.3) is 27.7 Å². The fraction of sp³-hybridized carbons (Fsp3) is 0.389. The van der Waals surface area contributed by atoms with E-state index in [0.717, 1.165) is 0 Å². The summed E-state index contributed by atoms with van der Waals surface area (Å²) in [5, 5.41) is 2.84. The maximum atomic E-state index is 17.5. The molecule has 1 N–H and O–H groups in total. The number of pyridine rings is 2. The first-order valence-corrected chi connectivity index (χ1v) is 16.4. The van der Waals surface area contributed by atoms with Crippen LogP contribution in [0.2, 0.25) is 5.02 Å². The lowest BCUT2D eigenvalue weighted by molar-refractivity contribution is -0.118. The Hall–Kier alpha value is -4.71. The quantitative estimate of drug-likeness (QED) is 0.241. The van der Waals surface area contributed by atoms with Gasteiger partial charge in [0.2, 0.25) is 5.91 Å². The van der Waals surface area contributed by atoms with Crippen molar-refractivity contribution in [2.75, 3.05) is 30.4 Å². The lowest BCUT2D eigenvalue weighted by Gasteiger charge is -2.48. The summed E-state index contributed by atoms with van der Waals surface area (Å²) < 4.78 is 45.3. The summed E-state index contributed by atoms with van der Waals surface area (Å²) in [6.45, 7) is 12.7. The SMILES string of the molecule is COc1cccc(F)c1-c1c(Cl)cc2c3c(c(=O)n(-c4c(C)ccnc4C(C)C)c2c1F)NC(=O)[C@H]1CN(C(=O)OC(C)(C)C)[C@H](C)CN31. The molecule has 0 bridgehead atoms. The van der Waals surface area contributed by atoms with Crippen molar-refractivity contribution < 1.29 is 27.8 Å². The molecule has 2 aliphatic rings. The van der Waals surface area contributed by atoms with Gasteiger partial charge in [0.15, 0.2) is 5.82 Å². The van der Waals surface area contributed by atoms with Crippen LogP contribution in [-0.4, -0.2) is 64.3 Å². The molecule has 0 unspecified atom stereocenters. The number of fused-ring (bicyclic) bond motifs is 5. The second-order valence-electron chi connectivity index (χ2n) is 13.8. The smallest absolute Gasteiger partial charge is 0.410 e. The first-order valence-electron chi connectivity index (χ1n) is 16.0. The van der Waals surface area contributed by atoms with Gasteiger partial charge in [0.05, 0.1) is 46.8 Å². The summed E-state index contributed by atoms with van der Waals surface area (Å²) >= 11 is 6.86. The number of carbonyl (C=O) groups excluding carboxylic acids is 2. The van der Waals surface area contributed by atoms with Crippen LogP contribution in [0.3, 0.4) is 0 Å². The molecular formula is C36H38ClF2N5O5. The normalized spacial score (nSPS) is 17.6. The van der Waals surface area contributed by atoms with E-state index in [1.165, 1.54) is 40.8 Å². The number of ether oxygens (including phenoxy) is 2. The molecule has 4 aromatic rings. The van der Waals surface area contributed by atoms with E-state index in [1.54, 1.807) is 51.8 Å². The standard InChI is InChI=1S/C36H38ClF2N5O5/c1-17(2)28-30(18(3)12-13-40-28)44-31-20(14-21(37)25(27(31)39)26-22(38)10-9-11-24(26)48-8)32-29(34(44)46)41-33(45)23-16-42(19(4)15-43(23)32)35(47)49-36(5,6)7/h9-14,17,19,23H,15-16H2,1-8H3,(H,41,45)/t19-,23-/m1/s1. The van der Waals surface area contributed by atoms with Crippen LogP contribution in [0.1, 0.15) is 58.7 Å². The van der Waals surface area contributed by atoms with Gasteiger partial charge in [-0.05, 0) is 70.4 Å². The average Bonchev–Trinajstić information content (AvgIpc) is 3.01. The van der Waals surface area contributed by atoms with Gasteiger partial charge in [-0.15, -0.1) is 0 Å². The molecule has 0 radical (unpaired) electrons. The molecule has 0 saturated carbocycles. The number of aryl methyl sites for hydroxylation is 1. The van der Waals surface area contributed by atoms with Gasteiger partial charge in [-0.1, -0.05) is 31.5 Å². The zero-order chi connectivity index (χ0) is 35.7. The van der Waals surface area contributed by atoms with E-state index in [2.05, 4.69) is 10.3 Å². The Bertz CT molecular complexity index is 2090. The molecule has 2 aromatic heterocycles. The van der Waals surface area contributed by atoms with Crippen LogP contribution in [-0.2, 0) is 9.53 Å². The highest BCUT2D eigenvalue weighted by Gasteiger charge is 2.45. The van der Waals surface area contributed by atoms with Crippen LogP contribution in [0, 0.1) is 18.6 Å². The Morgan fingerprint density at radius 2 is 1.82 bits per heavy atom. The molecule has 13 heteroatoms. The summed E-state index contributed by atoms with van der Waals surface area (Å²) in [5.41, 5.74) is -0.485. The Balaban J connectivity index is 1.70. The van der Waals surface area contributed by atoms with Gasteiger partial charge >= 0.3 is 6.09 Å². The first kappa shape index (κ1) is 34.2. The van der Waals surface area contributed by atoms with E-state index in [4.69, 9.17) is 21.1 Å². The van der Waals surface area contributed by atoms with E-state index >= 15 is 8.78 Å². The number of benzene rings is 2. The highest BCUT2D eigenvalue weighted by atomic mass is 35.5. The van der Waals surface area contributed by atoms with Gasteiger partial charge in [0.1, 0.15) is 28.9 Å². The minimum Gasteiger partial charge on any atom is -0.496 e. The van der Waals surface area contributed by atoms with Crippen molar-refractivity contribution in [2.45, 2.75) is 72.1 Å². The van der Waals surface area contributed by atoms with Crippen molar-refractivity contribution in [3.63, 3.8) is 0 Å². The minimum absolute atomic E-state index is 0.0480. The summed E-state index contributed by atoms with van der Waals surface area (Å²) in [7, 11) is 1.34. The van der Waals surface area contributed by atoms with Crippen LogP contribution in [0.4, 0.5) is 25.0 Å². The molecule has 258 valence electrons. The number of nitrogens with zero attached hydrogens (tertiary/aromatic N) is 4. The van der Waals surface area contributed by atoms with Gasteiger partial charge in [-0.3, -0.25) is 19.1 Å². The van der Waals surface area contributed by atoms with Crippen molar-refractivity contribution in [1.29, 1.82) is 0 Å². The number of anilines is 2. The number of hydrogen-bond donors (Lipinski definition) is 1. The minimum atomic E-state index is -0.961. The monoisotopic (exact) mass is 693 g/mol. The van der Waals surface area contributed by atoms with E-state index in [1.807, 2.05) is 13.8 Å². The maximum Gasteiger partial charge on any atom is 0.410 e. The molecule has 6 rings (SSSR count). The highest BCUT2D eigenvalue weighted by molar-refractivity contribution is 6.35. The predicted molar refractivity (Wildman–Crippen MR) is 185 cm³/mol. The number of rotatable bonds is 4. The summed E-state index contributed by atoms with van der Waals surface area (Å²) in [4.78, 5) is 49.4. The number of amides is 2. The lowest BCUT2D eigenvalue weighted by Crippen LogP contribution is -2.65. The van der Waals surface area contributed by atoms with Crippen molar-refractivity contribution in [3.05, 3.63) is 74.8 Å². The molecule has 0 aliphatic carbocycles. The molecule has 1 saturated heterocycles. The molecule has 4 heterocycles. The molecule has 2 aliphatic heterocycles. The molecule has 10 nitrogen and oxygen atoms in total. The number of piperazine rings is 1. The van der Waals surface area contributed by atoms with Gasteiger partial charge < -0.3 is 24.6 Å². The third kappa shape index (κ3) is 5.65. The number of halogens is 3. The summed E-state index contributed by atoms with van der Waals surface area (Å²) in [5.74, 6) is -2.38. The third-order valence-corrected chi connectivity index (χ3v) is 9.20. The fourth-order valence-electron chi connectivity index (χ4n) is 6.74. The number of carbonyl (C=O) groups is 2. The van der Waals surface area contributed by atoms with E-state index in [9.17, 15) is 14.4 Å². The van der Waals surface area contributed by atoms with Gasteiger partial charge in [0.25, 0.3) is 5.56 Å². The second-order valence-corrected chi connectivity index (χ2v) is 14.2. The number of hydrogen-bond acceptors (Lipinski definition) is 7. The first-order chi connectivity index (χ1) is 23.0. The molecule has 2 amide bonds. The van der Waals surface area contributed by atoms with Crippen molar-refractivity contribution in [1.82, 2.24) is 14.5 Å². The van der Waals surface area contributed by atoms with Crippen molar-refractivity contribution in [2.24, 2.45) is 0 Å². The van der Waals surface area contributed by atoms with Gasteiger partial charge in [-0.25, -0.2) is 13.6 Å². The Labute approximate surface area is 287 Å². The fourth-order valence-corrected chi connectivity index (χ4v) is 7.03. The Kier molecular flexibility index (Phi) is 8.59. The molecule has 2 atom stereocenters. The van der Waals surface area contributed by atoms with Crippen LogP contribution in [0.5, 0.6) is 5.75 Å². The number of aromatic nitrogens is 2. The average molecular weight is 694 g/mol. The third-order valence-electron chi connectivity index (χ3n) is 8.90. The Morgan fingerprint density at radius 1 is 1.10 bits per heavy atom. The molecule has 0 spiro atoms. The predicted octanol–water partition coefficient (Wildman–Crippen LogP) is 7.19. The van der Waals surface area contributed by atoms with Gasteiger partial charge in [-0.2, -0.15) is 0 Å². The summed E-state index contributed by atoms with van der Waals surface area (Å²) in [6.07, 6.45) is 1.03. The number of nitrogens with one attached hydrogen (secondary N) is 1. The van der Waals surface area contributed by atoms with E-state index in [-0.39, 0.29) is 63.2 Å². The highest BCUT2D eigenvalue weighted by Crippen LogP contribution is 2.47. The lowest BCUT2D eigenvalue weighted by atomic mass is 9.95. The number of methoxy groups -OCH3 is 1. The van der Waals surface area contributed by atoms with E-state index in [0.29, 0.717) is 16.9 Å². The maximum absolute atomic E-state index is 17.5. The zero-order valence-electron chi connectivity index (χ0n) is 28.6. The van der Waals surface area contributed by atoms with Gasteiger partial charge in [0, 0.05) is 29.7 Å². The summed E-state index contributed by atoms with van der Waals surface area (Å²) in [6, 6.07) is 5.89. The van der Waals surface area contributed by atoms with Crippen LogP contribution >= 0.6 is 11.6 Å². The molecular weight excluding hydrogens is 656 g/mol. The van der Waals surface area contributed by atoms with Crippen LogP contribution < -0.4 is 20.5 Å². The zero-order valence-corrected chi connectivity index (χ0v) is 29.3. The molecule has 49 heavy (non-hydrogen) atoms. The topological polar surface area (TPSA) is 106 Å². The second kappa shape index (κ2) is 12.3. The van der Waals surface area contributed by atoms with Crippen molar-refractivity contribution >= 4 is 45.9 Å². The van der Waals surface area contributed by atoms with Crippen molar-refractivity contribution in [3.8, 4) is 22.6 Å². The molecule has 1 fully saturated rings. The Morgan fingerprint density at radius 3 is 2.47 bits per heavy atom. The molecule has 2 aromatic carbocycles. The van der Waals surface area contributed by atoms with E-state index < -0.39 is 46.9 Å². The largest absolute Gasteiger partial charge is 0.496 e.